The van der Waals surface area contributed by atoms with Crippen LogP contribution >= 0.6 is 11.6 Å². The van der Waals surface area contributed by atoms with E-state index in [1.165, 1.54) is 13.2 Å². The molecule has 0 spiro atoms. The molecule has 2 aromatic rings. The second-order valence-corrected chi connectivity index (χ2v) is 5.09. The maximum Gasteiger partial charge on any atom is 0.314 e. The van der Waals surface area contributed by atoms with Crippen LogP contribution in [0.5, 0.6) is 11.5 Å². The first-order valence-electron chi connectivity index (χ1n) is 7.22. The molecular weight excluding hydrogens is 332 g/mol. The van der Waals surface area contributed by atoms with Crippen LogP contribution in [-0.4, -0.2) is 25.5 Å². The third kappa shape index (κ3) is 4.39. The lowest BCUT2D eigenvalue weighted by molar-refractivity contribution is -0.133. The topological polar surface area (TPSA) is 76.7 Å². The van der Waals surface area contributed by atoms with Gasteiger partial charge in [0.25, 0.3) is 0 Å². The maximum atomic E-state index is 12.0. The normalized spacial score (nSPS) is 9.96. The number of ether oxygens (including phenoxy) is 2. The average molecular weight is 349 g/mol. The third-order valence-corrected chi connectivity index (χ3v) is 3.35. The lowest BCUT2D eigenvalue weighted by Crippen LogP contribution is -2.29. The Kier molecular flexibility index (Phi) is 6.03. The summed E-state index contributed by atoms with van der Waals surface area (Å²) in [6, 6.07) is 11.6. The summed E-state index contributed by atoms with van der Waals surface area (Å²) >= 11 is 5.98. The molecule has 2 aromatic carbocycles. The van der Waals surface area contributed by atoms with Gasteiger partial charge in [-0.25, -0.2) is 0 Å². The van der Waals surface area contributed by atoms with E-state index < -0.39 is 11.8 Å². The molecule has 2 rings (SSSR count). The Bertz CT molecular complexity index is 749. The first-order valence-corrected chi connectivity index (χ1v) is 7.60. The van der Waals surface area contributed by atoms with Gasteiger partial charge in [-0.05, 0) is 37.3 Å². The molecular formula is C17H17ClN2O4. The van der Waals surface area contributed by atoms with Crippen molar-refractivity contribution in [3.05, 3.63) is 47.5 Å². The molecule has 0 saturated carbocycles. The minimum absolute atomic E-state index is 0.331. The van der Waals surface area contributed by atoms with E-state index in [4.69, 9.17) is 21.1 Å². The number of halogens is 1. The highest BCUT2D eigenvalue weighted by Crippen LogP contribution is 2.27. The van der Waals surface area contributed by atoms with Crippen molar-refractivity contribution in [2.75, 3.05) is 24.4 Å². The van der Waals surface area contributed by atoms with Gasteiger partial charge in [-0.1, -0.05) is 23.7 Å². The van der Waals surface area contributed by atoms with Crippen molar-refractivity contribution in [3.63, 3.8) is 0 Å². The van der Waals surface area contributed by atoms with Gasteiger partial charge in [0, 0.05) is 5.69 Å². The second-order valence-electron chi connectivity index (χ2n) is 4.69. The molecule has 0 aliphatic rings. The van der Waals surface area contributed by atoms with Gasteiger partial charge < -0.3 is 20.1 Å². The van der Waals surface area contributed by atoms with Gasteiger partial charge in [0.2, 0.25) is 0 Å². The van der Waals surface area contributed by atoms with E-state index in [0.717, 1.165) is 0 Å². The number of hydrogen-bond acceptors (Lipinski definition) is 4. The largest absolute Gasteiger partial charge is 0.495 e. The molecule has 24 heavy (non-hydrogen) atoms. The van der Waals surface area contributed by atoms with E-state index in [1.54, 1.807) is 36.4 Å². The number of rotatable bonds is 5. The van der Waals surface area contributed by atoms with Crippen LogP contribution in [0.1, 0.15) is 6.92 Å². The summed E-state index contributed by atoms with van der Waals surface area (Å²) in [5.74, 6) is -0.657. The summed E-state index contributed by atoms with van der Waals surface area (Å²) in [5, 5.41) is 5.32. The van der Waals surface area contributed by atoms with Crippen molar-refractivity contribution in [3.8, 4) is 11.5 Å². The van der Waals surface area contributed by atoms with Crippen LogP contribution in [0.4, 0.5) is 11.4 Å². The zero-order chi connectivity index (χ0) is 17.5. The Morgan fingerprint density at radius 3 is 2.42 bits per heavy atom. The average Bonchev–Trinajstić information content (AvgIpc) is 2.57. The SMILES string of the molecule is CCOc1ccccc1NC(=O)C(=O)Nc1ccc(OC)c(Cl)c1. The summed E-state index contributed by atoms with van der Waals surface area (Å²) in [7, 11) is 1.49. The second kappa shape index (κ2) is 8.21. The zero-order valence-electron chi connectivity index (χ0n) is 13.3. The van der Waals surface area contributed by atoms with Gasteiger partial charge in [-0.2, -0.15) is 0 Å². The fourth-order valence-corrected chi connectivity index (χ4v) is 2.22. The molecule has 0 aliphatic carbocycles. The Morgan fingerprint density at radius 1 is 1.04 bits per heavy atom. The molecule has 0 saturated heterocycles. The molecule has 0 unspecified atom stereocenters. The van der Waals surface area contributed by atoms with Crippen molar-refractivity contribution in [2.45, 2.75) is 6.92 Å². The van der Waals surface area contributed by atoms with Gasteiger partial charge in [0.15, 0.2) is 0 Å². The van der Waals surface area contributed by atoms with E-state index in [-0.39, 0.29) is 0 Å². The molecule has 0 heterocycles. The number of nitrogens with one attached hydrogen (secondary N) is 2. The van der Waals surface area contributed by atoms with Gasteiger partial charge in [0.05, 0.1) is 24.4 Å². The third-order valence-electron chi connectivity index (χ3n) is 3.05. The molecule has 6 nitrogen and oxygen atoms in total. The quantitative estimate of drug-likeness (QED) is 0.813. The van der Waals surface area contributed by atoms with E-state index >= 15 is 0 Å². The van der Waals surface area contributed by atoms with Gasteiger partial charge in [0.1, 0.15) is 11.5 Å². The summed E-state index contributed by atoms with van der Waals surface area (Å²) in [4.78, 5) is 24.1. The highest BCUT2D eigenvalue weighted by Gasteiger charge is 2.16. The molecule has 0 fully saturated rings. The first-order chi connectivity index (χ1) is 11.5. The molecule has 0 radical (unpaired) electrons. The number of carbonyl (C=O) groups is 2. The zero-order valence-corrected chi connectivity index (χ0v) is 14.0. The van der Waals surface area contributed by atoms with Crippen LogP contribution in [0.15, 0.2) is 42.5 Å². The van der Waals surface area contributed by atoms with Crippen LogP contribution in [0.25, 0.3) is 0 Å². The number of anilines is 2. The Labute approximate surface area is 144 Å². The molecule has 0 atom stereocenters. The molecule has 0 bridgehead atoms. The number of amides is 2. The maximum absolute atomic E-state index is 12.0. The van der Waals surface area contributed by atoms with Crippen LogP contribution in [-0.2, 0) is 9.59 Å². The highest BCUT2D eigenvalue weighted by molar-refractivity contribution is 6.44. The molecule has 126 valence electrons. The smallest absolute Gasteiger partial charge is 0.314 e. The van der Waals surface area contributed by atoms with E-state index in [0.29, 0.717) is 34.5 Å². The van der Waals surface area contributed by atoms with Crippen molar-refractivity contribution in [2.24, 2.45) is 0 Å². The Morgan fingerprint density at radius 2 is 1.75 bits per heavy atom. The van der Waals surface area contributed by atoms with E-state index in [9.17, 15) is 9.59 Å². The molecule has 2 N–H and O–H groups in total. The number of methoxy groups -OCH3 is 1. The van der Waals surface area contributed by atoms with E-state index in [1.807, 2.05) is 6.92 Å². The Hall–Kier alpha value is -2.73. The fraction of sp³-hybridized carbons (Fsp3) is 0.176. The minimum Gasteiger partial charge on any atom is -0.495 e. The highest BCUT2D eigenvalue weighted by atomic mass is 35.5. The predicted molar refractivity (Wildman–Crippen MR) is 92.9 cm³/mol. The molecule has 0 aromatic heterocycles. The number of para-hydroxylation sites is 2. The van der Waals surface area contributed by atoms with Crippen LogP contribution in [0.2, 0.25) is 5.02 Å². The van der Waals surface area contributed by atoms with Crippen molar-refractivity contribution >= 4 is 34.8 Å². The fourth-order valence-electron chi connectivity index (χ4n) is 1.96. The van der Waals surface area contributed by atoms with Crippen LogP contribution < -0.4 is 20.1 Å². The lowest BCUT2D eigenvalue weighted by atomic mass is 10.2. The van der Waals surface area contributed by atoms with Gasteiger partial charge in [-0.15, -0.1) is 0 Å². The lowest BCUT2D eigenvalue weighted by Gasteiger charge is -2.11. The standard InChI is InChI=1S/C17H17ClN2O4/c1-3-24-15-7-5-4-6-13(15)20-17(22)16(21)19-11-8-9-14(23-2)12(18)10-11/h4-10H,3H2,1-2H3,(H,19,21)(H,20,22). The Balaban J connectivity index is 2.05. The van der Waals surface area contributed by atoms with Gasteiger partial charge >= 0.3 is 11.8 Å². The molecule has 0 aliphatic heterocycles. The molecule has 2 amide bonds. The van der Waals surface area contributed by atoms with Crippen molar-refractivity contribution in [1.29, 1.82) is 0 Å². The monoisotopic (exact) mass is 348 g/mol. The number of benzene rings is 2. The van der Waals surface area contributed by atoms with E-state index in [2.05, 4.69) is 10.6 Å². The van der Waals surface area contributed by atoms with Crippen molar-refractivity contribution in [1.82, 2.24) is 0 Å². The molecule has 7 heteroatoms. The van der Waals surface area contributed by atoms with Crippen LogP contribution in [0, 0.1) is 0 Å². The summed E-state index contributed by atoms with van der Waals surface area (Å²) in [5.41, 5.74) is 0.811. The number of carbonyl (C=O) groups excluding carboxylic acids is 2. The van der Waals surface area contributed by atoms with Gasteiger partial charge in [-0.3, -0.25) is 9.59 Å². The summed E-state index contributed by atoms with van der Waals surface area (Å²) in [6.45, 7) is 2.28. The van der Waals surface area contributed by atoms with Crippen LogP contribution in [0.3, 0.4) is 0 Å². The first kappa shape index (κ1) is 17.6. The summed E-state index contributed by atoms with van der Waals surface area (Å²) in [6.07, 6.45) is 0. The minimum atomic E-state index is -0.817. The summed E-state index contributed by atoms with van der Waals surface area (Å²) < 4.78 is 10.4. The number of hydrogen-bond donors (Lipinski definition) is 2. The van der Waals surface area contributed by atoms with Crippen molar-refractivity contribution < 1.29 is 19.1 Å². The predicted octanol–water partition coefficient (Wildman–Crippen LogP) is 3.32.